The molecule has 5 nitrogen and oxygen atoms in total. The van der Waals surface area contributed by atoms with Crippen molar-refractivity contribution >= 4 is 15.7 Å². The Kier molecular flexibility index (Phi) is 4.37. The zero-order valence-corrected chi connectivity index (χ0v) is 11.8. The molecule has 1 aromatic heterocycles. The molecule has 2 rings (SSSR count). The third kappa shape index (κ3) is 3.46. The molecule has 1 aromatic carbocycles. The minimum atomic E-state index is -4.23. The lowest BCUT2D eigenvalue weighted by Crippen LogP contribution is -2.16. The molecular formula is C13H12F2N2O3S. The fraction of sp³-hybridized carbons (Fsp3) is 0.154. The molecule has 0 bridgehead atoms. The molecule has 1 heterocycles. The van der Waals surface area contributed by atoms with Gasteiger partial charge in [-0.25, -0.2) is 13.8 Å². The van der Waals surface area contributed by atoms with E-state index in [4.69, 9.17) is 4.74 Å². The van der Waals surface area contributed by atoms with Crippen molar-refractivity contribution in [2.75, 3.05) is 11.3 Å². The Bertz CT molecular complexity index is 751. The number of halogens is 2. The molecule has 1 N–H and O–H groups in total. The average molecular weight is 314 g/mol. The van der Waals surface area contributed by atoms with Crippen molar-refractivity contribution in [3.8, 4) is 5.75 Å². The van der Waals surface area contributed by atoms with Crippen LogP contribution in [0.5, 0.6) is 5.75 Å². The number of pyridine rings is 1. The van der Waals surface area contributed by atoms with Crippen LogP contribution in [0.3, 0.4) is 0 Å². The number of benzene rings is 1. The number of nitrogens with one attached hydrogen (secondary N) is 1. The Balaban J connectivity index is 2.29. The number of nitrogens with zero attached hydrogens (tertiary/aromatic N) is 1. The van der Waals surface area contributed by atoms with Gasteiger partial charge >= 0.3 is 0 Å². The second kappa shape index (κ2) is 6.04. The van der Waals surface area contributed by atoms with E-state index >= 15 is 0 Å². The van der Waals surface area contributed by atoms with Crippen LogP contribution in [0.4, 0.5) is 14.5 Å². The van der Waals surface area contributed by atoms with Crippen LogP contribution in [0.25, 0.3) is 0 Å². The maximum absolute atomic E-state index is 13.6. The summed E-state index contributed by atoms with van der Waals surface area (Å²) in [5.74, 6) is -1.71. The van der Waals surface area contributed by atoms with Crippen molar-refractivity contribution in [1.29, 1.82) is 0 Å². The standard InChI is InChI=1S/C13H12F2N2O3S/c1-2-20-12-6-5-9(8-11(12)15)17-21(18,19)13-10(14)4-3-7-16-13/h3-8,17H,2H2,1H3. The van der Waals surface area contributed by atoms with Gasteiger partial charge in [-0.2, -0.15) is 8.42 Å². The van der Waals surface area contributed by atoms with E-state index in [9.17, 15) is 17.2 Å². The highest BCUT2D eigenvalue weighted by molar-refractivity contribution is 7.92. The highest BCUT2D eigenvalue weighted by Gasteiger charge is 2.21. The number of rotatable bonds is 5. The third-order valence-corrected chi connectivity index (χ3v) is 3.78. The number of ether oxygens (including phenoxy) is 1. The summed E-state index contributed by atoms with van der Waals surface area (Å²) in [6, 6.07) is 5.78. The van der Waals surface area contributed by atoms with Gasteiger partial charge in [-0.1, -0.05) is 0 Å². The largest absolute Gasteiger partial charge is 0.491 e. The Labute approximate surface area is 120 Å². The summed E-state index contributed by atoms with van der Waals surface area (Å²) in [6.45, 7) is 1.97. The zero-order valence-electron chi connectivity index (χ0n) is 11.0. The first-order valence-corrected chi connectivity index (χ1v) is 7.48. The highest BCUT2D eigenvalue weighted by atomic mass is 32.2. The normalized spacial score (nSPS) is 11.2. The molecule has 21 heavy (non-hydrogen) atoms. The predicted molar refractivity (Wildman–Crippen MR) is 72.6 cm³/mol. The van der Waals surface area contributed by atoms with Crippen LogP contribution in [-0.4, -0.2) is 20.0 Å². The molecule has 8 heteroatoms. The third-order valence-electron chi connectivity index (χ3n) is 2.46. The molecule has 0 aliphatic carbocycles. The predicted octanol–water partition coefficient (Wildman–Crippen LogP) is 2.56. The summed E-state index contributed by atoms with van der Waals surface area (Å²) < 4.78 is 58.1. The Morgan fingerprint density at radius 2 is 2.00 bits per heavy atom. The first-order valence-electron chi connectivity index (χ1n) is 5.99. The average Bonchev–Trinajstić information content (AvgIpc) is 2.42. The van der Waals surface area contributed by atoms with Gasteiger partial charge < -0.3 is 4.74 Å². The minimum Gasteiger partial charge on any atom is -0.491 e. The van der Waals surface area contributed by atoms with Gasteiger partial charge in [-0.05, 0) is 31.2 Å². The summed E-state index contributed by atoms with van der Waals surface area (Å²) in [7, 11) is -4.23. The Hall–Kier alpha value is -2.22. The molecule has 0 fully saturated rings. The van der Waals surface area contributed by atoms with Crippen LogP contribution in [-0.2, 0) is 10.0 Å². The van der Waals surface area contributed by atoms with E-state index in [-0.39, 0.29) is 18.0 Å². The molecule has 0 radical (unpaired) electrons. The van der Waals surface area contributed by atoms with Crippen LogP contribution < -0.4 is 9.46 Å². The number of anilines is 1. The van der Waals surface area contributed by atoms with E-state index in [2.05, 4.69) is 9.71 Å². The van der Waals surface area contributed by atoms with Gasteiger partial charge in [0, 0.05) is 12.3 Å². The molecule has 0 spiro atoms. The second-order valence-corrected chi connectivity index (χ2v) is 5.57. The lowest BCUT2D eigenvalue weighted by molar-refractivity contribution is 0.321. The molecule has 2 aromatic rings. The molecule has 0 unspecified atom stereocenters. The molecular weight excluding hydrogens is 302 g/mol. The number of aromatic nitrogens is 1. The van der Waals surface area contributed by atoms with E-state index in [1.54, 1.807) is 6.92 Å². The Morgan fingerprint density at radius 1 is 1.24 bits per heavy atom. The van der Waals surface area contributed by atoms with Gasteiger partial charge in [0.1, 0.15) is 0 Å². The van der Waals surface area contributed by atoms with Crippen LogP contribution >= 0.6 is 0 Å². The SMILES string of the molecule is CCOc1ccc(NS(=O)(=O)c2ncccc2F)cc1F. The molecule has 0 saturated heterocycles. The minimum absolute atomic E-state index is 0.00413. The first-order chi connectivity index (χ1) is 9.94. The molecule has 0 aliphatic heterocycles. The van der Waals surface area contributed by atoms with Gasteiger partial charge in [0.25, 0.3) is 10.0 Å². The molecule has 0 atom stereocenters. The molecule has 112 valence electrons. The number of hydrogen-bond donors (Lipinski definition) is 1. The lowest BCUT2D eigenvalue weighted by atomic mass is 10.3. The van der Waals surface area contributed by atoms with Crippen molar-refractivity contribution in [3.63, 3.8) is 0 Å². The van der Waals surface area contributed by atoms with Gasteiger partial charge in [0.15, 0.2) is 17.4 Å². The van der Waals surface area contributed by atoms with E-state index < -0.39 is 26.7 Å². The fourth-order valence-corrected chi connectivity index (χ4v) is 2.67. The van der Waals surface area contributed by atoms with Crippen molar-refractivity contribution in [2.45, 2.75) is 11.9 Å². The van der Waals surface area contributed by atoms with E-state index in [0.717, 1.165) is 18.3 Å². The van der Waals surface area contributed by atoms with Gasteiger partial charge in [0.2, 0.25) is 5.03 Å². The molecule has 0 amide bonds. The fourth-order valence-electron chi connectivity index (χ4n) is 1.61. The summed E-state index contributed by atoms with van der Waals surface area (Å²) in [5.41, 5.74) is -0.0546. The molecule has 0 saturated carbocycles. The van der Waals surface area contributed by atoms with Crippen molar-refractivity contribution < 1.29 is 21.9 Å². The van der Waals surface area contributed by atoms with Crippen molar-refractivity contribution in [1.82, 2.24) is 4.98 Å². The topological polar surface area (TPSA) is 68.3 Å². The first kappa shape index (κ1) is 15.2. The van der Waals surface area contributed by atoms with Crippen LogP contribution in [0, 0.1) is 11.6 Å². The maximum Gasteiger partial charge on any atom is 0.282 e. The highest BCUT2D eigenvalue weighted by Crippen LogP contribution is 2.23. The summed E-state index contributed by atoms with van der Waals surface area (Å²) >= 11 is 0. The number of sulfonamides is 1. The Morgan fingerprint density at radius 3 is 2.62 bits per heavy atom. The summed E-state index contributed by atoms with van der Waals surface area (Å²) in [6.07, 6.45) is 1.15. The van der Waals surface area contributed by atoms with Crippen LogP contribution in [0.2, 0.25) is 0 Å². The lowest BCUT2D eigenvalue weighted by Gasteiger charge is -2.10. The van der Waals surface area contributed by atoms with E-state index in [1.807, 2.05) is 0 Å². The monoisotopic (exact) mass is 314 g/mol. The second-order valence-electron chi connectivity index (χ2n) is 3.97. The summed E-state index contributed by atoms with van der Waals surface area (Å²) in [4.78, 5) is 3.47. The zero-order chi connectivity index (χ0) is 15.5. The van der Waals surface area contributed by atoms with Crippen LogP contribution in [0.1, 0.15) is 6.92 Å². The smallest absolute Gasteiger partial charge is 0.282 e. The van der Waals surface area contributed by atoms with Gasteiger partial charge in [-0.15, -0.1) is 0 Å². The maximum atomic E-state index is 13.6. The van der Waals surface area contributed by atoms with Crippen LogP contribution in [0.15, 0.2) is 41.6 Å². The van der Waals surface area contributed by atoms with Crippen molar-refractivity contribution in [2.24, 2.45) is 0 Å². The molecule has 0 aliphatic rings. The van der Waals surface area contributed by atoms with Gasteiger partial charge in [0.05, 0.1) is 12.3 Å². The quantitative estimate of drug-likeness (QED) is 0.921. The summed E-state index contributed by atoms with van der Waals surface area (Å²) in [5, 5.41) is -0.751. The number of hydrogen-bond acceptors (Lipinski definition) is 4. The van der Waals surface area contributed by atoms with E-state index in [1.165, 1.54) is 18.2 Å². The van der Waals surface area contributed by atoms with Gasteiger partial charge in [-0.3, -0.25) is 4.72 Å². The van der Waals surface area contributed by atoms with E-state index in [0.29, 0.717) is 0 Å². The van der Waals surface area contributed by atoms with Crippen molar-refractivity contribution in [3.05, 3.63) is 48.2 Å².